The molecule has 0 aliphatic heterocycles. The van der Waals surface area contributed by atoms with Gasteiger partial charge in [-0.3, -0.25) is 0 Å². The molecule has 0 amide bonds. The number of aromatic nitrogens is 3. The SMILES string of the molecule is Brc1ccc(Cc2ncncn2)cc1. The molecule has 0 spiro atoms. The van der Waals surface area contributed by atoms with Crippen molar-refractivity contribution in [2.24, 2.45) is 0 Å². The van der Waals surface area contributed by atoms with E-state index in [1.54, 1.807) is 0 Å². The number of hydrogen-bond donors (Lipinski definition) is 0. The normalized spacial score (nSPS) is 10.1. The summed E-state index contributed by atoms with van der Waals surface area (Å²) in [4.78, 5) is 11.9. The van der Waals surface area contributed by atoms with Crippen molar-refractivity contribution in [2.45, 2.75) is 6.42 Å². The van der Waals surface area contributed by atoms with Gasteiger partial charge in [-0.2, -0.15) is 0 Å². The Hall–Kier alpha value is -1.29. The Kier molecular flexibility index (Phi) is 2.84. The van der Waals surface area contributed by atoms with Gasteiger partial charge in [0.05, 0.1) is 0 Å². The molecule has 0 bridgehead atoms. The molecule has 1 aromatic heterocycles. The van der Waals surface area contributed by atoms with Gasteiger partial charge in [0, 0.05) is 10.9 Å². The van der Waals surface area contributed by atoms with E-state index in [4.69, 9.17) is 0 Å². The quantitative estimate of drug-likeness (QED) is 0.820. The number of rotatable bonds is 2. The van der Waals surface area contributed by atoms with Crippen molar-refractivity contribution in [3.8, 4) is 0 Å². The number of benzene rings is 1. The van der Waals surface area contributed by atoms with E-state index in [2.05, 4.69) is 30.9 Å². The standard InChI is InChI=1S/C10H8BrN3/c11-9-3-1-8(2-4-9)5-10-13-6-12-7-14-10/h1-4,6-7H,5H2. The Morgan fingerprint density at radius 2 is 1.64 bits per heavy atom. The van der Waals surface area contributed by atoms with Crippen LogP contribution in [0.4, 0.5) is 0 Å². The van der Waals surface area contributed by atoms with E-state index in [0.29, 0.717) is 0 Å². The first-order valence-corrected chi connectivity index (χ1v) is 4.99. The second-order valence-corrected chi connectivity index (χ2v) is 3.77. The molecule has 0 radical (unpaired) electrons. The summed E-state index contributed by atoms with van der Waals surface area (Å²) in [5.74, 6) is 0.794. The summed E-state index contributed by atoms with van der Waals surface area (Å²) in [6.45, 7) is 0. The molecule has 4 heteroatoms. The third kappa shape index (κ3) is 2.35. The van der Waals surface area contributed by atoms with Crippen LogP contribution in [0, 0.1) is 0 Å². The van der Waals surface area contributed by atoms with E-state index >= 15 is 0 Å². The monoisotopic (exact) mass is 249 g/mol. The van der Waals surface area contributed by atoms with Gasteiger partial charge in [0.15, 0.2) is 0 Å². The van der Waals surface area contributed by atoms with Crippen molar-refractivity contribution in [3.63, 3.8) is 0 Å². The predicted molar refractivity (Wildman–Crippen MR) is 56.8 cm³/mol. The van der Waals surface area contributed by atoms with Crippen LogP contribution < -0.4 is 0 Å². The number of nitrogens with zero attached hydrogens (tertiary/aromatic N) is 3. The maximum atomic E-state index is 4.06. The Morgan fingerprint density at radius 3 is 2.29 bits per heavy atom. The largest absolute Gasteiger partial charge is 0.225 e. The highest BCUT2D eigenvalue weighted by Crippen LogP contribution is 2.11. The topological polar surface area (TPSA) is 38.7 Å². The first-order chi connectivity index (χ1) is 6.84. The summed E-state index contributed by atoms with van der Waals surface area (Å²) < 4.78 is 1.08. The minimum atomic E-state index is 0.746. The van der Waals surface area contributed by atoms with Gasteiger partial charge >= 0.3 is 0 Å². The lowest BCUT2D eigenvalue weighted by Gasteiger charge is -1.99. The first kappa shape index (κ1) is 9.27. The van der Waals surface area contributed by atoms with E-state index in [1.165, 1.54) is 18.2 Å². The summed E-state index contributed by atoms with van der Waals surface area (Å²) in [7, 11) is 0. The summed E-state index contributed by atoms with van der Waals surface area (Å²) in [6, 6.07) is 8.12. The Labute approximate surface area is 90.4 Å². The zero-order valence-electron chi connectivity index (χ0n) is 7.39. The van der Waals surface area contributed by atoms with Crippen LogP contribution in [0.25, 0.3) is 0 Å². The minimum Gasteiger partial charge on any atom is -0.225 e. The van der Waals surface area contributed by atoms with Gasteiger partial charge in [0.25, 0.3) is 0 Å². The third-order valence-corrected chi connectivity index (χ3v) is 2.35. The average Bonchev–Trinajstić information content (AvgIpc) is 2.23. The molecule has 0 saturated heterocycles. The van der Waals surface area contributed by atoms with E-state index in [0.717, 1.165) is 16.7 Å². The van der Waals surface area contributed by atoms with Gasteiger partial charge in [0.2, 0.25) is 0 Å². The highest BCUT2D eigenvalue weighted by Gasteiger charge is 1.97. The first-order valence-electron chi connectivity index (χ1n) is 4.20. The summed E-state index contributed by atoms with van der Waals surface area (Å²) in [5.41, 5.74) is 1.19. The van der Waals surface area contributed by atoms with Gasteiger partial charge in [-0.05, 0) is 17.7 Å². The van der Waals surface area contributed by atoms with Crippen LogP contribution in [0.3, 0.4) is 0 Å². The molecule has 0 atom stereocenters. The highest BCUT2D eigenvalue weighted by molar-refractivity contribution is 9.10. The number of hydrogen-bond acceptors (Lipinski definition) is 3. The fraction of sp³-hybridized carbons (Fsp3) is 0.100. The molecule has 1 aromatic carbocycles. The van der Waals surface area contributed by atoms with Crippen molar-refractivity contribution >= 4 is 15.9 Å². The Bertz CT molecular complexity index is 399. The summed E-state index contributed by atoms with van der Waals surface area (Å²) in [5, 5.41) is 0. The second-order valence-electron chi connectivity index (χ2n) is 2.86. The van der Waals surface area contributed by atoms with Gasteiger partial charge < -0.3 is 0 Å². The van der Waals surface area contributed by atoms with Crippen molar-refractivity contribution in [2.75, 3.05) is 0 Å². The smallest absolute Gasteiger partial charge is 0.136 e. The lowest BCUT2D eigenvalue weighted by atomic mass is 10.1. The maximum absolute atomic E-state index is 4.06. The molecule has 0 aliphatic rings. The Balaban J connectivity index is 2.16. The van der Waals surface area contributed by atoms with E-state index in [-0.39, 0.29) is 0 Å². The molecule has 2 rings (SSSR count). The van der Waals surface area contributed by atoms with Gasteiger partial charge in [-0.1, -0.05) is 28.1 Å². The molecular formula is C10H8BrN3. The van der Waals surface area contributed by atoms with Gasteiger partial charge in [0.1, 0.15) is 18.5 Å². The van der Waals surface area contributed by atoms with Gasteiger partial charge in [-0.15, -0.1) is 0 Å². The molecule has 0 unspecified atom stereocenters. The van der Waals surface area contributed by atoms with Crippen molar-refractivity contribution < 1.29 is 0 Å². The second kappa shape index (κ2) is 4.28. The zero-order valence-corrected chi connectivity index (χ0v) is 8.98. The van der Waals surface area contributed by atoms with E-state index < -0.39 is 0 Å². The van der Waals surface area contributed by atoms with Crippen LogP contribution in [0.2, 0.25) is 0 Å². The van der Waals surface area contributed by atoms with Gasteiger partial charge in [-0.25, -0.2) is 15.0 Å². The molecule has 14 heavy (non-hydrogen) atoms. The lowest BCUT2D eigenvalue weighted by molar-refractivity contribution is 0.917. The van der Waals surface area contributed by atoms with Crippen LogP contribution in [0.1, 0.15) is 11.4 Å². The summed E-state index contributed by atoms with van der Waals surface area (Å²) in [6.07, 6.45) is 3.78. The maximum Gasteiger partial charge on any atom is 0.136 e. The molecular weight excluding hydrogens is 242 g/mol. The van der Waals surface area contributed by atoms with Crippen LogP contribution >= 0.6 is 15.9 Å². The molecule has 70 valence electrons. The Morgan fingerprint density at radius 1 is 1.00 bits per heavy atom. The van der Waals surface area contributed by atoms with Crippen molar-refractivity contribution in [3.05, 3.63) is 52.8 Å². The highest BCUT2D eigenvalue weighted by atomic mass is 79.9. The number of halogens is 1. The fourth-order valence-electron chi connectivity index (χ4n) is 1.14. The van der Waals surface area contributed by atoms with Crippen LogP contribution in [0.15, 0.2) is 41.4 Å². The van der Waals surface area contributed by atoms with E-state index in [1.807, 2.05) is 24.3 Å². The third-order valence-electron chi connectivity index (χ3n) is 1.82. The van der Waals surface area contributed by atoms with Crippen molar-refractivity contribution in [1.29, 1.82) is 0 Å². The lowest BCUT2D eigenvalue weighted by Crippen LogP contribution is -1.95. The van der Waals surface area contributed by atoms with E-state index in [9.17, 15) is 0 Å². The molecule has 0 fully saturated rings. The zero-order chi connectivity index (χ0) is 9.80. The van der Waals surface area contributed by atoms with Crippen molar-refractivity contribution in [1.82, 2.24) is 15.0 Å². The van der Waals surface area contributed by atoms with Crippen LogP contribution in [-0.2, 0) is 6.42 Å². The fourth-order valence-corrected chi connectivity index (χ4v) is 1.40. The molecule has 3 nitrogen and oxygen atoms in total. The molecule has 0 saturated carbocycles. The summed E-state index contributed by atoms with van der Waals surface area (Å²) >= 11 is 3.39. The minimum absolute atomic E-state index is 0.746. The predicted octanol–water partition coefficient (Wildman–Crippen LogP) is 2.22. The van der Waals surface area contributed by atoms with Crippen LogP contribution in [-0.4, -0.2) is 15.0 Å². The molecule has 2 aromatic rings. The molecule has 1 heterocycles. The molecule has 0 aliphatic carbocycles. The molecule has 0 N–H and O–H groups in total. The average molecular weight is 250 g/mol. The van der Waals surface area contributed by atoms with Crippen LogP contribution in [0.5, 0.6) is 0 Å².